The van der Waals surface area contributed by atoms with Gasteiger partial charge in [-0.25, -0.2) is 0 Å². The van der Waals surface area contributed by atoms with Crippen LogP contribution in [0.15, 0.2) is 61.2 Å². The van der Waals surface area contributed by atoms with Crippen molar-refractivity contribution in [1.29, 1.82) is 0 Å². The van der Waals surface area contributed by atoms with Crippen LogP contribution in [0, 0.1) is 0 Å². The second-order valence-electron chi connectivity index (χ2n) is 4.78. The van der Waals surface area contributed by atoms with E-state index in [2.05, 4.69) is 6.58 Å². The van der Waals surface area contributed by atoms with Crippen LogP contribution in [0.3, 0.4) is 0 Å². The molecule has 0 unspecified atom stereocenters. The summed E-state index contributed by atoms with van der Waals surface area (Å²) in [7, 11) is 0. The lowest BCUT2D eigenvalue weighted by atomic mass is 10.1. The third-order valence-electron chi connectivity index (χ3n) is 3.11. The van der Waals surface area contributed by atoms with Gasteiger partial charge in [0.2, 0.25) is 0 Å². The molecule has 0 fully saturated rings. The average Bonchev–Trinajstić information content (AvgIpc) is 2.48. The Morgan fingerprint density at radius 2 is 1.76 bits per heavy atom. The highest BCUT2D eigenvalue weighted by molar-refractivity contribution is 5.70. The Hall–Kier alpha value is -2.55. The number of benzene rings is 2. The van der Waals surface area contributed by atoms with Crippen LogP contribution in [-0.2, 0) is 24.2 Å². The lowest BCUT2D eigenvalue weighted by molar-refractivity contribution is -0.136. The summed E-state index contributed by atoms with van der Waals surface area (Å²) in [5.74, 6) is 0.0318. The predicted octanol–water partition coefficient (Wildman–Crippen LogP) is 3.62. The zero-order chi connectivity index (χ0) is 15.1. The highest BCUT2D eigenvalue weighted by Crippen LogP contribution is 2.20. The molecule has 0 aromatic heterocycles. The molecule has 3 nitrogen and oxygen atoms in total. The van der Waals surface area contributed by atoms with E-state index in [1.54, 1.807) is 0 Å². The van der Waals surface area contributed by atoms with Gasteiger partial charge in [-0.1, -0.05) is 48.5 Å². The highest BCUT2D eigenvalue weighted by Gasteiger charge is 2.03. The van der Waals surface area contributed by atoms with Gasteiger partial charge >= 0.3 is 5.97 Å². The van der Waals surface area contributed by atoms with Crippen LogP contribution in [0.5, 0.6) is 5.75 Å². The van der Waals surface area contributed by atoms with Gasteiger partial charge in [0.25, 0.3) is 0 Å². The minimum Gasteiger partial charge on any atom is -0.489 e. The van der Waals surface area contributed by atoms with Gasteiger partial charge < -0.3 is 9.84 Å². The molecule has 0 atom stereocenters. The van der Waals surface area contributed by atoms with E-state index in [1.165, 1.54) is 0 Å². The fourth-order valence-corrected chi connectivity index (χ4v) is 2.06. The van der Waals surface area contributed by atoms with E-state index in [1.807, 2.05) is 54.6 Å². The number of hydrogen-bond acceptors (Lipinski definition) is 2. The topological polar surface area (TPSA) is 46.5 Å². The normalized spacial score (nSPS) is 10.1. The zero-order valence-electron chi connectivity index (χ0n) is 11.8. The van der Waals surface area contributed by atoms with Gasteiger partial charge in [-0.2, -0.15) is 0 Å². The number of hydrogen-bond donors (Lipinski definition) is 1. The van der Waals surface area contributed by atoms with Crippen molar-refractivity contribution in [3.63, 3.8) is 0 Å². The largest absolute Gasteiger partial charge is 0.489 e. The number of ether oxygens (including phenoxy) is 1. The molecule has 0 bridgehead atoms. The summed E-state index contributed by atoms with van der Waals surface area (Å²) in [6.45, 7) is 4.20. The Morgan fingerprint density at radius 3 is 2.43 bits per heavy atom. The van der Waals surface area contributed by atoms with Crippen molar-refractivity contribution in [2.45, 2.75) is 19.4 Å². The molecule has 0 saturated carbocycles. The first-order chi connectivity index (χ1) is 10.2. The maximum absolute atomic E-state index is 10.6. The van der Waals surface area contributed by atoms with Gasteiger partial charge in [0.1, 0.15) is 12.4 Å². The molecule has 21 heavy (non-hydrogen) atoms. The summed E-state index contributed by atoms with van der Waals surface area (Å²) in [4.78, 5) is 10.6. The summed E-state index contributed by atoms with van der Waals surface area (Å²) in [5, 5.41) is 8.74. The van der Waals surface area contributed by atoms with E-state index in [-0.39, 0.29) is 6.42 Å². The highest BCUT2D eigenvalue weighted by atomic mass is 16.5. The third-order valence-corrected chi connectivity index (χ3v) is 3.11. The molecule has 0 saturated heterocycles. The Balaban J connectivity index is 1.99. The zero-order valence-corrected chi connectivity index (χ0v) is 11.8. The minimum absolute atomic E-state index is 0.0449. The van der Waals surface area contributed by atoms with Crippen LogP contribution in [0.25, 0.3) is 0 Å². The predicted molar refractivity (Wildman–Crippen MR) is 82.5 cm³/mol. The van der Waals surface area contributed by atoms with E-state index >= 15 is 0 Å². The maximum Gasteiger partial charge on any atom is 0.307 e. The summed E-state index contributed by atoms with van der Waals surface area (Å²) < 4.78 is 5.83. The van der Waals surface area contributed by atoms with Gasteiger partial charge in [-0.15, -0.1) is 6.58 Å². The Labute approximate surface area is 124 Å². The molecule has 0 spiro atoms. The van der Waals surface area contributed by atoms with E-state index in [0.29, 0.717) is 6.61 Å². The summed E-state index contributed by atoms with van der Waals surface area (Å²) >= 11 is 0. The molecule has 0 aliphatic rings. The Bertz CT molecular complexity index is 615. The lowest BCUT2D eigenvalue weighted by Gasteiger charge is -2.10. The smallest absolute Gasteiger partial charge is 0.307 e. The standard InChI is InChI=1S/C18H18O3/c1-2-5-16-6-3-4-7-17(16)21-13-15-10-8-14(9-11-15)12-18(19)20/h2-4,6-11H,1,5,12-13H2,(H,19,20). The molecule has 2 aromatic rings. The second-order valence-corrected chi connectivity index (χ2v) is 4.78. The maximum atomic E-state index is 10.6. The monoisotopic (exact) mass is 282 g/mol. The van der Waals surface area contributed by atoms with Gasteiger partial charge in [0.15, 0.2) is 0 Å². The number of carbonyl (C=O) groups is 1. The summed E-state index contributed by atoms with van der Waals surface area (Å²) in [6.07, 6.45) is 2.67. The van der Waals surface area contributed by atoms with Crippen molar-refractivity contribution in [2.75, 3.05) is 0 Å². The Morgan fingerprint density at radius 1 is 1.10 bits per heavy atom. The number of aliphatic carboxylic acids is 1. The molecular weight excluding hydrogens is 264 g/mol. The van der Waals surface area contributed by atoms with Crippen molar-refractivity contribution >= 4 is 5.97 Å². The molecular formula is C18H18O3. The lowest BCUT2D eigenvalue weighted by Crippen LogP contribution is -2.01. The van der Waals surface area contributed by atoms with Gasteiger partial charge in [0, 0.05) is 0 Å². The first-order valence-corrected chi connectivity index (χ1v) is 6.80. The number of rotatable bonds is 7. The molecule has 108 valence electrons. The van der Waals surface area contributed by atoms with Crippen molar-refractivity contribution in [1.82, 2.24) is 0 Å². The molecule has 0 amide bonds. The van der Waals surface area contributed by atoms with Crippen LogP contribution in [0.1, 0.15) is 16.7 Å². The van der Waals surface area contributed by atoms with E-state index < -0.39 is 5.97 Å². The van der Waals surface area contributed by atoms with Gasteiger partial charge in [-0.05, 0) is 29.2 Å². The van der Waals surface area contributed by atoms with Crippen LogP contribution >= 0.6 is 0 Å². The van der Waals surface area contributed by atoms with Crippen molar-refractivity contribution in [2.24, 2.45) is 0 Å². The van der Waals surface area contributed by atoms with Crippen molar-refractivity contribution in [3.8, 4) is 5.75 Å². The fourth-order valence-electron chi connectivity index (χ4n) is 2.06. The van der Waals surface area contributed by atoms with Crippen LogP contribution in [0.4, 0.5) is 0 Å². The molecule has 3 heteroatoms. The van der Waals surface area contributed by atoms with Crippen LogP contribution < -0.4 is 4.74 Å². The second kappa shape index (κ2) is 7.29. The number of carboxylic acid groups (broad SMARTS) is 1. The van der Waals surface area contributed by atoms with E-state index in [9.17, 15) is 4.79 Å². The molecule has 0 aliphatic heterocycles. The van der Waals surface area contributed by atoms with Gasteiger partial charge in [0.05, 0.1) is 6.42 Å². The SMILES string of the molecule is C=CCc1ccccc1OCc1ccc(CC(=O)O)cc1. The quantitative estimate of drug-likeness (QED) is 0.789. The molecule has 1 N–H and O–H groups in total. The van der Waals surface area contributed by atoms with Crippen molar-refractivity contribution in [3.05, 3.63) is 77.9 Å². The summed E-state index contributed by atoms with van der Waals surface area (Å²) in [5.41, 5.74) is 2.91. The molecule has 2 rings (SSSR count). The number of para-hydroxylation sites is 1. The molecule has 0 radical (unpaired) electrons. The Kier molecular flexibility index (Phi) is 5.16. The van der Waals surface area contributed by atoms with Crippen molar-refractivity contribution < 1.29 is 14.6 Å². The van der Waals surface area contributed by atoms with Crippen LogP contribution in [-0.4, -0.2) is 11.1 Å². The fraction of sp³-hybridized carbons (Fsp3) is 0.167. The van der Waals surface area contributed by atoms with Crippen LogP contribution in [0.2, 0.25) is 0 Å². The number of allylic oxidation sites excluding steroid dienone is 1. The molecule has 0 aliphatic carbocycles. The van der Waals surface area contributed by atoms with E-state index in [4.69, 9.17) is 9.84 Å². The number of carboxylic acids is 1. The van der Waals surface area contributed by atoms with Gasteiger partial charge in [-0.3, -0.25) is 4.79 Å². The average molecular weight is 282 g/mol. The third kappa shape index (κ3) is 4.49. The molecule has 0 heterocycles. The summed E-state index contributed by atoms with van der Waals surface area (Å²) in [6, 6.07) is 15.3. The minimum atomic E-state index is -0.822. The molecule has 2 aromatic carbocycles. The van der Waals surface area contributed by atoms with E-state index in [0.717, 1.165) is 28.9 Å². The first-order valence-electron chi connectivity index (χ1n) is 6.80. The first kappa shape index (κ1) is 14.9.